The van der Waals surface area contributed by atoms with Gasteiger partial charge in [-0.3, -0.25) is 4.79 Å². The van der Waals surface area contributed by atoms with E-state index >= 15 is 0 Å². The van der Waals surface area contributed by atoms with Crippen LogP contribution in [0.15, 0.2) is 0 Å². The normalized spacial score (nSPS) is 13.1. The summed E-state index contributed by atoms with van der Waals surface area (Å²) in [7, 11) is 0. The van der Waals surface area contributed by atoms with Crippen LogP contribution in [0.1, 0.15) is 33.1 Å². The summed E-state index contributed by atoms with van der Waals surface area (Å²) in [6, 6.07) is 0. The molecule has 0 aromatic rings. The van der Waals surface area contributed by atoms with Crippen LogP contribution < -0.4 is 0 Å². The third-order valence-corrected chi connectivity index (χ3v) is 1.48. The van der Waals surface area contributed by atoms with Gasteiger partial charge in [-0.2, -0.15) is 0 Å². The van der Waals surface area contributed by atoms with Crippen LogP contribution in [0.4, 0.5) is 0 Å². The van der Waals surface area contributed by atoms with Gasteiger partial charge in [0.15, 0.2) is 0 Å². The van der Waals surface area contributed by atoms with E-state index in [1.807, 2.05) is 13.8 Å². The lowest BCUT2D eigenvalue weighted by molar-refractivity contribution is -0.142. The van der Waals surface area contributed by atoms with Crippen molar-refractivity contribution < 1.29 is 9.90 Å². The molecule has 0 aliphatic heterocycles. The zero-order valence-corrected chi connectivity index (χ0v) is 6.05. The summed E-state index contributed by atoms with van der Waals surface area (Å²) in [6.45, 7) is 3.92. The summed E-state index contributed by atoms with van der Waals surface area (Å²) in [4.78, 5) is 10.3. The smallest absolute Gasteiger partial charge is 0.306 e. The first-order valence-electron chi connectivity index (χ1n) is 3.45. The van der Waals surface area contributed by atoms with Gasteiger partial charge in [0.05, 0.1) is 5.92 Å². The summed E-state index contributed by atoms with van der Waals surface area (Å²) in [5.74, 6) is -0.769. The van der Waals surface area contributed by atoms with Gasteiger partial charge in [0.25, 0.3) is 0 Å². The monoisotopic (exact) mass is 130 g/mol. The van der Waals surface area contributed by atoms with Crippen molar-refractivity contribution in [1.29, 1.82) is 0 Å². The first-order valence-corrected chi connectivity index (χ1v) is 3.45. The molecular weight excluding hydrogens is 116 g/mol. The SMILES string of the molecule is CCC[C@@H](CC)C(=O)O. The minimum absolute atomic E-state index is 0.116. The Morgan fingerprint density at radius 1 is 1.56 bits per heavy atom. The second kappa shape index (κ2) is 4.36. The Morgan fingerprint density at radius 3 is 2.22 bits per heavy atom. The lowest BCUT2D eigenvalue weighted by Crippen LogP contribution is -2.11. The average molecular weight is 130 g/mol. The molecule has 1 atom stereocenters. The van der Waals surface area contributed by atoms with Crippen molar-refractivity contribution in [3.63, 3.8) is 0 Å². The van der Waals surface area contributed by atoms with E-state index in [2.05, 4.69) is 0 Å². The Labute approximate surface area is 55.9 Å². The van der Waals surface area contributed by atoms with Crippen molar-refractivity contribution >= 4 is 5.97 Å². The van der Waals surface area contributed by atoms with Crippen LogP contribution in [-0.2, 0) is 4.79 Å². The first-order chi connectivity index (χ1) is 4.22. The van der Waals surface area contributed by atoms with E-state index in [0.29, 0.717) is 0 Å². The number of hydrogen-bond donors (Lipinski definition) is 1. The summed E-state index contributed by atoms with van der Waals surface area (Å²) in [6.07, 6.45) is 2.53. The molecule has 9 heavy (non-hydrogen) atoms. The van der Waals surface area contributed by atoms with Gasteiger partial charge < -0.3 is 5.11 Å². The maximum Gasteiger partial charge on any atom is 0.306 e. The Morgan fingerprint density at radius 2 is 2.11 bits per heavy atom. The van der Waals surface area contributed by atoms with Gasteiger partial charge in [0, 0.05) is 0 Å². The number of carboxylic acid groups (broad SMARTS) is 1. The largest absolute Gasteiger partial charge is 0.481 e. The van der Waals surface area contributed by atoms with Crippen molar-refractivity contribution in [3.8, 4) is 0 Å². The Kier molecular flexibility index (Phi) is 4.10. The zero-order chi connectivity index (χ0) is 7.28. The molecule has 54 valence electrons. The molecule has 0 heterocycles. The molecule has 0 fully saturated rings. The van der Waals surface area contributed by atoms with Gasteiger partial charge >= 0.3 is 5.97 Å². The highest BCUT2D eigenvalue weighted by molar-refractivity contribution is 5.69. The van der Waals surface area contributed by atoms with Crippen LogP contribution in [0.3, 0.4) is 0 Å². The van der Waals surface area contributed by atoms with Gasteiger partial charge in [0.1, 0.15) is 0 Å². The maximum atomic E-state index is 10.3. The summed E-state index contributed by atoms with van der Waals surface area (Å²) in [5.41, 5.74) is 0. The Hall–Kier alpha value is -0.530. The van der Waals surface area contributed by atoms with Gasteiger partial charge in [-0.1, -0.05) is 20.3 Å². The van der Waals surface area contributed by atoms with Gasteiger partial charge in [-0.15, -0.1) is 0 Å². The average Bonchev–Trinajstić information content (AvgIpc) is 1.82. The number of aliphatic carboxylic acids is 1. The second-order valence-electron chi connectivity index (χ2n) is 2.23. The topological polar surface area (TPSA) is 37.3 Å². The zero-order valence-electron chi connectivity index (χ0n) is 6.05. The van der Waals surface area contributed by atoms with E-state index in [9.17, 15) is 4.79 Å². The number of rotatable bonds is 4. The molecule has 2 nitrogen and oxygen atoms in total. The first kappa shape index (κ1) is 8.47. The van der Waals surface area contributed by atoms with E-state index < -0.39 is 5.97 Å². The van der Waals surface area contributed by atoms with Crippen LogP contribution in [-0.4, -0.2) is 11.1 Å². The van der Waals surface area contributed by atoms with Gasteiger partial charge in [0.2, 0.25) is 0 Å². The minimum Gasteiger partial charge on any atom is -0.481 e. The Balaban J connectivity index is 3.54. The molecule has 0 saturated heterocycles. The van der Waals surface area contributed by atoms with Crippen molar-refractivity contribution in [3.05, 3.63) is 0 Å². The predicted molar refractivity (Wildman–Crippen MR) is 36.3 cm³/mol. The standard InChI is InChI=1S/C7H14O2/c1-3-5-6(4-2)7(8)9/h6H,3-5H2,1-2H3,(H,8,9)/t6-/m1/s1. The van der Waals surface area contributed by atoms with Crippen LogP contribution in [0.2, 0.25) is 0 Å². The quantitative estimate of drug-likeness (QED) is 0.631. The van der Waals surface area contributed by atoms with Gasteiger partial charge in [-0.05, 0) is 12.8 Å². The van der Waals surface area contributed by atoms with Crippen molar-refractivity contribution in [2.45, 2.75) is 33.1 Å². The van der Waals surface area contributed by atoms with E-state index in [1.54, 1.807) is 0 Å². The van der Waals surface area contributed by atoms with Crippen molar-refractivity contribution in [2.75, 3.05) is 0 Å². The molecule has 0 rings (SSSR count). The second-order valence-corrected chi connectivity index (χ2v) is 2.23. The highest BCUT2D eigenvalue weighted by Crippen LogP contribution is 2.09. The molecule has 1 N–H and O–H groups in total. The molecule has 0 aromatic heterocycles. The lowest BCUT2D eigenvalue weighted by Gasteiger charge is -2.05. The van der Waals surface area contributed by atoms with E-state index in [0.717, 1.165) is 19.3 Å². The molecule has 0 aromatic carbocycles. The molecular formula is C7H14O2. The fourth-order valence-corrected chi connectivity index (χ4v) is 0.851. The third-order valence-electron chi connectivity index (χ3n) is 1.48. The molecule has 2 heteroatoms. The van der Waals surface area contributed by atoms with E-state index in [-0.39, 0.29) is 5.92 Å². The molecule has 0 unspecified atom stereocenters. The van der Waals surface area contributed by atoms with Crippen molar-refractivity contribution in [1.82, 2.24) is 0 Å². The molecule has 0 spiro atoms. The van der Waals surface area contributed by atoms with Crippen LogP contribution in [0, 0.1) is 5.92 Å². The molecule has 0 aliphatic rings. The fourth-order valence-electron chi connectivity index (χ4n) is 0.851. The van der Waals surface area contributed by atoms with Gasteiger partial charge in [-0.25, -0.2) is 0 Å². The van der Waals surface area contributed by atoms with E-state index in [4.69, 9.17) is 5.11 Å². The Bertz CT molecular complexity index is 88.9. The molecule has 0 saturated carbocycles. The number of carbonyl (C=O) groups is 1. The highest BCUT2D eigenvalue weighted by atomic mass is 16.4. The third kappa shape index (κ3) is 3.12. The summed E-state index contributed by atoms with van der Waals surface area (Å²) in [5, 5.41) is 8.50. The molecule has 0 aliphatic carbocycles. The number of hydrogen-bond acceptors (Lipinski definition) is 1. The molecule has 0 radical (unpaired) electrons. The molecule has 0 bridgehead atoms. The fraction of sp³-hybridized carbons (Fsp3) is 0.857. The number of carboxylic acids is 1. The minimum atomic E-state index is -0.653. The maximum absolute atomic E-state index is 10.3. The lowest BCUT2D eigenvalue weighted by atomic mass is 10.0. The van der Waals surface area contributed by atoms with Crippen LogP contribution >= 0.6 is 0 Å². The van der Waals surface area contributed by atoms with Crippen molar-refractivity contribution in [2.24, 2.45) is 5.92 Å². The summed E-state index contributed by atoms with van der Waals surface area (Å²) >= 11 is 0. The molecule has 0 amide bonds. The predicted octanol–water partition coefficient (Wildman–Crippen LogP) is 1.90. The summed E-state index contributed by atoms with van der Waals surface area (Å²) < 4.78 is 0. The highest BCUT2D eigenvalue weighted by Gasteiger charge is 2.12. The van der Waals surface area contributed by atoms with E-state index in [1.165, 1.54) is 0 Å². The van der Waals surface area contributed by atoms with Crippen LogP contribution in [0.5, 0.6) is 0 Å². The van der Waals surface area contributed by atoms with Crippen LogP contribution in [0.25, 0.3) is 0 Å².